The largest absolute Gasteiger partial charge is 0.322 e. The van der Waals surface area contributed by atoms with Gasteiger partial charge in [0.2, 0.25) is 11.8 Å². The van der Waals surface area contributed by atoms with Gasteiger partial charge in [-0.25, -0.2) is 0 Å². The Morgan fingerprint density at radius 2 is 1.81 bits per heavy atom. The van der Waals surface area contributed by atoms with E-state index in [1.807, 2.05) is 12.1 Å². The highest BCUT2D eigenvalue weighted by Gasteiger charge is 2.39. The average molecular weight is 354 g/mol. The second-order valence-electron chi connectivity index (χ2n) is 7.56. The number of fused-ring (bicyclic) bond motifs is 1. The van der Waals surface area contributed by atoms with Gasteiger partial charge in [-0.05, 0) is 55.2 Å². The third kappa shape index (κ3) is 2.93. The van der Waals surface area contributed by atoms with E-state index in [0.717, 1.165) is 37.5 Å². The molecule has 2 heterocycles. The van der Waals surface area contributed by atoms with E-state index >= 15 is 0 Å². The summed E-state index contributed by atoms with van der Waals surface area (Å²) in [4.78, 5) is 48.7. The zero-order chi connectivity index (χ0) is 18.3. The Labute approximate surface area is 151 Å². The third-order valence-corrected chi connectivity index (χ3v) is 5.98. The van der Waals surface area contributed by atoms with Crippen molar-refractivity contribution in [1.82, 2.24) is 10.2 Å². The van der Waals surface area contributed by atoms with Crippen LogP contribution in [0.1, 0.15) is 65.9 Å². The van der Waals surface area contributed by atoms with Crippen LogP contribution in [-0.2, 0) is 20.9 Å². The van der Waals surface area contributed by atoms with Gasteiger partial charge in [-0.2, -0.15) is 0 Å². The van der Waals surface area contributed by atoms with E-state index in [4.69, 9.17) is 0 Å². The summed E-state index contributed by atoms with van der Waals surface area (Å²) >= 11 is 0. The molecule has 6 heteroatoms. The third-order valence-electron chi connectivity index (χ3n) is 5.98. The van der Waals surface area contributed by atoms with Gasteiger partial charge in [0, 0.05) is 24.4 Å². The molecule has 0 aromatic heterocycles. The summed E-state index contributed by atoms with van der Waals surface area (Å²) in [5.41, 5.74) is 2.82. The quantitative estimate of drug-likeness (QED) is 0.664. The molecule has 1 aromatic rings. The van der Waals surface area contributed by atoms with Crippen LogP contribution in [0.25, 0.3) is 0 Å². The van der Waals surface area contributed by atoms with Crippen LogP contribution in [0.2, 0.25) is 0 Å². The van der Waals surface area contributed by atoms with Crippen molar-refractivity contribution in [2.24, 2.45) is 5.92 Å². The molecule has 1 unspecified atom stereocenters. The normalized spacial score (nSPS) is 28.7. The van der Waals surface area contributed by atoms with Crippen LogP contribution in [-0.4, -0.2) is 34.9 Å². The number of nitrogens with one attached hydrogen (secondary N) is 1. The second-order valence-corrected chi connectivity index (χ2v) is 7.56. The van der Waals surface area contributed by atoms with Crippen LogP contribution in [0, 0.1) is 5.92 Å². The molecule has 3 aliphatic rings. The van der Waals surface area contributed by atoms with E-state index in [-0.39, 0.29) is 30.1 Å². The number of amides is 3. The first-order chi connectivity index (χ1) is 12.6. The highest BCUT2D eigenvalue weighted by molar-refractivity contribution is 6.05. The van der Waals surface area contributed by atoms with E-state index in [2.05, 4.69) is 11.4 Å². The van der Waals surface area contributed by atoms with Gasteiger partial charge < -0.3 is 9.69 Å². The number of carbonyl (C=O) groups is 4. The number of benzene rings is 1. The fourth-order valence-electron chi connectivity index (χ4n) is 4.44. The molecule has 1 saturated heterocycles. The maximum absolute atomic E-state index is 12.7. The minimum Gasteiger partial charge on any atom is -0.322 e. The molecule has 0 bridgehead atoms. The number of aldehydes is 1. The van der Waals surface area contributed by atoms with Gasteiger partial charge in [-0.15, -0.1) is 0 Å². The first-order valence-electron chi connectivity index (χ1n) is 9.29. The first kappa shape index (κ1) is 16.9. The molecular weight excluding hydrogens is 332 g/mol. The van der Waals surface area contributed by atoms with Crippen molar-refractivity contribution < 1.29 is 19.2 Å². The van der Waals surface area contributed by atoms with Crippen molar-refractivity contribution in [2.75, 3.05) is 0 Å². The molecule has 2 aliphatic heterocycles. The Balaban J connectivity index is 1.51. The fraction of sp³-hybridized carbons (Fsp3) is 0.500. The Kier molecular flexibility index (Phi) is 4.34. The van der Waals surface area contributed by atoms with Crippen molar-refractivity contribution >= 4 is 24.0 Å². The predicted molar refractivity (Wildman–Crippen MR) is 93.3 cm³/mol. The van der Waals surface area contributed by atoms with Gasteiger partial charge in [-0.3, -0.25) is 19.7 Å². The summed E-state index contributed by atoms with van der Waals surface area (Å²) in [7, 11) is 0. The molecule has 1 aliphatic carbocycles. The lowest BCUT2D eigenvalue weighted by atomic mass is 9.79. The molecular formula is C20H22N2O4. The number of nitrogens with zero attached hydrogens (tertiary/aromatic N) is 1. The van der Waals surface area contributed by atoms with Crippen LogP contribution in [0.15, 0.2) is 18.2 Å². The average Bonchev–Trinajstić information content (AvgIpc) is 2.98. The Morgan fingerprint density at radius 3 is 2.50 bits per heavy atom. The zero-order valence-corrected chi connectivity index (χ0v) is 14.6. The van der Waals surface area contributed by atoms with E-state index in [1.54, 1.807) is 4.90 Å². The summed E-state index contributed by atoms with van der Waals surface area (Å²) in [5, 5.41) is 2.33. The van der Waals surface area contributed by atoms with Gasteiger partial charge in [0.05, 0.1) is 0 Å². The lowest BCUT2D eigenvalue weighted by molar-refractivity contribution is -0.136. The monoisotopic (exact) mass is 354 g/mol. The Hall–Kier alpha value is -2.50. The molecule has 4 rings (SSSR count). The molecule has 1 aromatic carbocycles. The molecule has 2 fully saturated rings. The molecule has 1 saturated carbocycles. The standard InChI is InChI=1S/C20H22N2O4/c23-11-12-1-3-13(4-2-12)14-5-6-16-15(9-14)10-22(20(16)26)17-7-8-18(24)21-19(17)25/h5-6,9,11-13,17H,1-4,7-8,10H2,(H,21,24,25). The van der Waals surface area contributed by atoms with Gasteiger partial charge >= 0.3 is 0 Å². The molecule has 6 nitrogen and oxygen atoms in total. The number of hydrogen-bond donors (Lipinski definition) is 1. The molecule has 0 spiro atoms. The molecule has 1 N–H and O–H groups in total. The summed E-state index contributed by atoms with van der Waals surface area (Å²) < 4.78 is 0. The van der Waals surface area contributed by atoms with Gasteiger partial charge in [0.25, 0.3) is 5.91 Å². The molecule has 136 valence electrons. The fourth-order valence-corrected chi connectivity index (χ4v) is 4.44. The number of carbonyl (C=O) groups excluding carboxylic acids is 4. The van der Waals surface area contributed by atoms with E-state index in [9.17, 15) is 19.2 Å². The van der Waals surface area contributed by atoms with Crippen molar-refractivity contribution in [3.05, 3.63) is 34.9 Å². The molecule has 1 atom stereocenters. The number of imide groups is 1. The second kappa shape index (κ2) is 6.67. The molecule has 0 radical (unpaired) electrons. The van der Waals surface area contributed by atoms with E-state index in [0.29, 0.717) is 24.4 Å². The van der Waals surface area contributed by atoms with Crippen LogP contribution >= 0.6 is 0 Å². The van der Waals surface area contributed by atoms with Gasteiger partial charge in [0.15, 0.2) is 0 Å². The number of piperidine rings is 1. The summed E-state index contributed by atoms with van der Waals surface area (Å²) in [6, 6.07) is 5.39. The van der Waals surface area contributed by atoms with Crippen LogP contribution in [0.5, 0.6) is 0 Å². The van der Waals surface area contributed by atoms with Gasteiger partial charge in [0.1, 0.15) is 12.3 Å². The maximum Gasteiger partial charge on any atom is 0.255 e. The van der Waals surface area contributed by atoms with E-state index in [1.165, 1.54) is 5.56 Å². The SMILES string of the molecule is O=CC1CCC(c2ccc3c(c2)CN(C2CCC(=O)NC2=O)C3=O)CC1. The predicted octanol–water partition coefficient (Wildman–Crippen LogP) is 1.92. The Morgan fingerprint density at radius 1 is 1.04 bits per heavy atom. The lowest BCUT2D eigenvalue weighted by Gasteiger charge is -2.29. The van der Waals surface area contributed by atoms with Crippen molar-refractivity contribution in [3.63, 3.8) is 0 Å². The van der Waals surface area contributed by atoms with Crippen LogP contribution in [0.3, 0.4) is 0 Å². The first-order valence-corrected chi connectivity index (χ1v) is 9.29. The zero-order valence-electron chi connectivity index (χ0n) is 14.6. The lowest BCUT2D eigenvalue weighted by Crippen LogP contribution is -2.52. The minimum absolute atomic E-state index is 0.134. The topological polar surface area (TPSA) is 83.6 Å². The van der Waals surface area contributed by atoms with Crippen molar-refractivity contribution in [3.8, 4) is 0 Å². The van der Waals surface area contributed by atoms with Crippen molar-refractivity contribution in [2.45, 2.75) is 57.0 Å². The van der Waals surface area contributed by atoms with Gasteiger partial charge in [-0.1, -0.05) is 12.1 Å². The molecule has 26 heavy (non-hydrogen) atoms. The number of rotatable bonds is 3. The molecule has 3 amide bonds. The summed E-state index contributed by atoms with van der Waals surface area (Å²) in [6.45, 7) is 0.415. The van der Waals surface area contributed by atoms with Crippen molar-refractivity contribution in [1.29, 1.82) is 0 Å². The van der Waals surface area contributed by atoms with E-state index < -0.39 is 6.04 Å². The Bertz CT molecular complexity index is 780. The minimum atomic E-state index is -0.570. The maximum atomic E-state index is 12.7. The number of hydrogen-bond acceptors (Lipinski definition) is 4. The summed E-state index contributed by atoms with van der Waals surface area (Å²) in [5.74, 6) is -0.175. The summed E-state index contributed by atoms with van der Waals surface area (Å²) in [6.07, 6.45) is 5.54. The van der Waals surface area contributed by atoms with Crippen LogP contribution in [0.4, 0.5) is 0 Å². The smallest absolute Gasteiger partial charge is 0.255 e. The highest BCUT2D eigenvalue weighted by Crippen LogP contribution is 2.37. The van der Waals surface area contributed by atoms with Crippen LogP contribution < -0.4 is 5.32 Å². The highest BCUT2D eigenvalue weighted by atomic mass is 16.2.